The molecule has 3 saturated carbocycles. The molecule has 0 unspecified atom stereocenters. The number of hydrogen-bond acceptors (Lipinski definition) is 6. The summed E-state index contributed by atoms with van der Waals surface area (Å²) in [5.74, 6) is 1.56. The number of aryl methyl sites for hydroxylation is 1. The summed E-state index contributed by atoms with van der Waals surface area (Å²) >= 11 is 1.83. The zero-order valence-electron chi connectivity index (χ0n) is 21.3. The van der Waals surface area contributed by atoms with Gasteiger partial charge in [-0.15, -0.1) is 11.8 Å². The molecule has 0 saturated heterocycles. The van der Waals surface area contributed by atoms with Crippen molar-refractivity contribution in [2.45, 2.75) is 67.1 Å². The van der Waals surface area contributed by atoms with Crippen molar-refractivity contribution in [3.8, 4) is 5.75 Å². The van der Waals surface area contributed by atoms with E-state index in [1.165, 1.54) is 16.0 Å². The van der Waals surface area contributed by atoms with E-state index in [2.05, 4.69) is 49.4 Å². The zero-order valence-corrected chi connectivity index (χ0v) is 22.9. The summed E-state index contributed by atoms with van der Waals surface area (Å²) in [7, 11) is -1.89. The number of aliphatic hydroxyl groups is 1. The van der Waals surface area contributed by atoms with Gasteiger partial charge in [-0.1, -0.05) is 31.2 Å². The highest BCUT2D eigenvalue weighted by molar-refractivity contribution is 8.00. The van der Waals surface area contributed by atoms with Crippen molar-refractivity contribution in [1.29, 1.82) is 0 Å². The molecule has 2 aromatic rings. The molecule has 0 amide bonds. The minimum atomic E-state index is -3.61. The maximum Gasteiger partial charge on any atom is 0.264 e. The lowest BCUT2D eigenvalue weighted by atomic mass is 9.48. The molecule has 0 aliphatic heterocycles. The van der Waals surface area contributed by atoms with Gasteiger partial charge in [-0.25, -0.2) is 0 Å². The van der Waals surface area contributed by atoms with Gasteiger partial charge in [-0.05, 0) is 91.2 Å². The Hall–Kier alpha value is -1.54. The van der Waals surface area contributed by atoms with E-state index in [1.54, 1.807) is 7.11 Å². The fourth-order valence-electron chi connectivity index (χ4n) is 8.96. The summed E-state index contributed by atoms with van der Waals surface area (Å²) in [5.41, 5.74) is 1.54. The number of hydrogen-bond donors (Lipinski definition) is 1. The van der Waals surface area contributed by atoms with E-state index in [0.717, 1.165) is 44.1 Å². The Balaban J connectivity index is 1.46. The van der Waals surface area contributed by atoms with Crippen LogP contribution in [0.1, 0.15) is 56.1 Å². The highest BCUT2D eigenvalue weighted by atomic mass is 32.2. The zero-order chi connectivity index (χ0) is 25.3. The minimum absolute atomic E-state index is 0.0440. The second kappa shape index (κ2) is 8.48. The fraction of sp³-hybridized carbons (Fsp3) is 0.586. The molecule has 36 heavy (non-hydrogen) atoms. The molecule has 0 heterocycles. The summed E-state index contributed by atoms with van der Waals surface area (Å²) in [4.78, 5) is 1.17. The van der Waals surface area contributed by atoms with Crippen molar-refractivity contribution in [2.24, 2.45) is 22.7 Å². The highest BCUT2D eigenvalue weighted by Crippen LogP contribution is 2.81. The molecule has 0 spiro atoms. The van der Waals surface area contributed by atoms with Gasteiger partial charge in [0.1, 0.15) is 5.75 Å². The minimum Gasteiger partial charge on any atom is -0.497 e. The second-order valence-electron chi connectivity index (χ2n) is 11.6. The summed E-state index contributed by atoms with van der Waals surface area (Å²) in [6.07, 6.45) is 6.89. The molecule has 4 aliphatic rings. The third-order valence-corrected chi connectivity index (χ3v) is 12.5. The van der Waals surface area contributed by atoms with Gasteiger partial charge in [0.25, 0.3) is 10.1 Å². The molecule has 4 aliphatic carbocycles. The van der Waals surface area contributed by atoms with E-state index in [9.17, 15) is 13.5 Å². The molecule has 2 aromatic carbocycles. The first-order chi connectivity index (χ1) is 17.1. The summed E-state index contributed by atoms with van der Waals surface area (Å²) in [6, 6.07) is 16.9. The molecule has 5 nitrogen and oxygen atoms in total. The highest BCUT2D eigenvalue weighted by Gasteiger charge is 2.80. The number of thioether (sulfide) groups is 1. The molecule has 3 fully saturated rings. The number of rotatable bonds is 6. The lowest BCUT2D eigenvalue weighted by Crippen LogP contribution is -2.54. The Labute approximate surface area is 219 Å². The van der Waals surface area contributed by atoms with E-state index in [4.69, 9.17) is 8.92 Å². The van der Waals surface area contributed by atoms with Crippen LogP contribution in [0.25, 0.3) is 0 Å². The average molecular weight is 529 g/mol. The number of methoxy groups -OCH3 is 1. The normalized spacial score (nSPS) is 38.8. The Morgan fingerprint density at radius 2 is 1.86 bits per heavy atom. The Morgan fingerprint density at radius 1 is 1.08 bits per heavy atom. The summed E-state index contributed by atoms with van der Waals surface area (Å²) < 4.78 is 35.1. The predicted molar refractivity (Wildman–Crippen MR) is 142 cm³/mol. The van der Waals surface area contributed by atoms with Gasteiger partial charge in [0, 0.05) is 21.5 Å². The molecule has 1 N–H and O–H groups in total. The third-order valence-electron chi connectivity index (χ3n) is 10.4. The Kier molecular flexibility index (Phi) is 5.84. The van der Waals surface area contributed by atoms with Crippen LogP contribution in [0.15, 0.2) is 53.4 Å². The van der Waals surface area contributed by atoms with Crippen LogP contribution in [0.3, 0.4) is 0 Å². The topological polar surface area (TPSA) is 72.8 Å². The van der Waals surface area contributed by atoms with Crippen LogP contribution in [0.4, 0.5) is 0 Å². The van der Waals surface area contributed by atoms with Crippen molar-refractivity contribution in [3.05, 3.63) is 59.7 Å². The van der Waals surface area contributed by atoms with Crippen LogP contribution >= 0.6 is 11.8 Å². The molecule has 7 atom stereocenters. The van der Waals surface area contributed by atoms with Crippen LogP contribution in [-0.4, -0.2) is 44.3 Å². The van der Waals surface area contributed by atoms with Crippen molar-refractivity contribution in [1.82, 2.24) is 0 Å². The summed E-state index contributed by atoms with van der Waals surface area (Å²) in [5, 5.41) is 12.5. The lowest BCUT2D eigenvalue weighted by Gasteiger charge is -2.58. The molecular formula is C29H36O5S2. The molecule has 2 bridgehead atoms. The average Bonchev–Trinajstić information content (AvgIpc) is 3.19. The smallest absolute Gasteiger partial charge is 0.264 e. The van der Waals surface area contributed by atoms with Gasteiger partial charge in [-0.2, -0.15) is 8.42 Å². The van der Waals surface area contributed by atoms with Gasteiger partial charge >= 0.3 is 0 Å². The molecule has 7 heteroatoms. The van der Waals surface area contributed by atoms with Crippen LogP contribution in [0.5, 0.6) is 5.75 Å². The lowest BCUT2D eigenvalue weighted by molar-refractivity contribution is -0.116. The molecule has 0 radical (unpaired) electrons. The van der Waals surface area contributed by atoms with Gasteiger partial charge in [-0.3, -0.25) is 4.18 Å². The van der Waals surface area contributed by atoms with Crippen molar-refractivity contribution >= 4 is 21.9 Å². The van der Waals surface area contributed by atoms with E-state index in [0.29, 0.717) is 18.3 Å². The van der Waals surface area contributed by atoms with E-state index >= 15 is 0 Å². The van der Waals surface area contributed by atoms with Crippen LogP contribution < -0.4 is 4.74 Å². The molecule has 0 aromatic heterocycles. The van der Waals surface area contributed by atoms with Gasteiger partial charge < -0.3 is 9.84 Å². The van der Waals surface area contributed by atoms with Gasteiger partial charge in [0.15, 0.2) is 0 Å². The largest absolute Gasteiger partial charge is 0.497 e. The third kappa shape index (κ3) is 3.38. The van der Waals surface area contributed by atoms with E-state index < -0.39 is 15.7 Å². The maximum absolute atomic E-state index is 12.4. The Morgan fingerprint density at radius 3 is 2.58 bits per heavy atom. The first-order valence-corrected chi connectivity index (χ1v) is 15.8. The van der Waals surface area contributed by atoms with Crippen molar-refractivity contribution < 1.29 is 22.4 Å². The molecular weight excluding hydrogens is 492 g/mol. The number of ether oxygens (including phenoxy) is 1. The van der Waals surface area contributed by atoms with Crippen LogP contribution in [-0.2, 0) is 20.7 Å². The van der Waals surface area contributed by atoms with Crippen LogP contribution in [0.2, 0.25) is 0 Å². The van der Waals surface area contributed by atoms with Crippen molar-refractivity contribution in [3.63, 3.8) is 0 Å². The molecule has 6 rings (SSSR count). The first-order valence-electron chi connectivity index (χ1n) is 13.1. The van der Waals surface area contributed by atoms with Crippen LogP contribution in [0, 0.1) is 22.7 Å². The monoisotopic (exact) mass is 528 g/mol. The summed E-state index contributed by atoms with van der Waals surface area (Å²) in [6.45, 7) is 2.35. The van der Waals surface area contributed by atoms with Gasteiger partial charge in [0.2, 0.25) is 0 Å². The SMILES string of the molecule is COc1ccc2c(c1)CC[C@@H]1[C@@H]2CC[C@@]2(C)[C@]13CC[C@@]2(O)[C@@H](COS(C)(=O)=O)[C@@H]3Sc1ccccc1. The second-order valence-corrected chi connectivity index (χ2v) is 14.5. The van der Waals surface area contributed by atoms with E-state index in [1.807, 2.05) is 17.8 Å². The van der Waals surface area contributed by atoms with E-state index in [-0.39, 0.29) is 28.6 Å². The number of benzene rings is 2. The Bertz CT molecular complexity index is 1260. The first kappa shape index (κ1) is 24.8. The predicted octanol–water partition coefficient (Wildman–Crippen LogP) is 5.42. The maximum atomic E-state index is 12.4. The standard InChI is InChI=1S/C29H36O5S2/c1-27-14-13-23-22-11-10-20(33-2)17-19(22)9-12-24(23)28(27)15-16-29(27,30)25(18-34-36(3,31)32)26(28)35-21-7-5-4-6-8-21/h4-8,10-11,17,23-26,30H,9,12-16,18H2,1-3H3/t23-,24-,25+,26+,27+,28-,29-/m1/s1. The fourth-order valence-corrected chi connectivity index (χ4v) is 11.2. The quantitative estimate of drug-likeness (QED) is 0.505. The van der Waals surface area contributed by atoms with Gasteiger partial charge in [0.05, 0.1) is 25.6 Å². The number of fused-ring (bicyclic) bond motifs is 3. The van der Waals surface area contributed by atoms with Crippen molar-refractivity contribution in [2.75, 3.05) is 20.0 Å². The molecule has 194 valence electrons.